The molecule has 2 aliphatic rings. The number of aromatic nitrogens is 1. The minimum atomic E-state index is -1.04. The number of nitrogens with one attached hydrogen (secondary N) is 1. The first-order chi connectivity index (χ1) is 16.2. The van der Waals surface area contributed by atoms with E-state index < -0.39 is 45.9 Å². The fourth-order valence-electron chi connectivity index (χ4n) is 4.12. The van der Waals surface area contributed by atoms with Crippen molar-refractivity contribution in [2.45, 2.75) is 18.6 Å². The molecule has 34 heavy (non-hydrogen) atoms. The van der Waals surface area contributed by atoms with E-state index in [0.717, 1.165) is 12.3 Å². The average Bonchev–Trinajstić information content (AvgIpc) is 2.77. The molecule has 3 heterocycles. The number of aromatic hydroxyl groups is 1. The third-order valence-electron chi connectivity index (χ3n) is 6.14. The summed E-state index contributed by atoms with van der Waals surface area (Å²) in [5.41, 5.74) is -2.59. The molecule has 10 nitrogen and oxygen atoms in total. The maximum absolute atomic E-state index is 13.9. The van der Waals surface area contributed by atoms with E-state index in [9.17, 15) is 28.3 Å². The van der Waals surface area contributed by atoms with Crippen LogP contribution in [0.3, 0.4) is 0 Å². The van der Waals surface area contributed by atoms with E-state index in [0.29, 0.717) is 25.6 Å². The van der Waals surface area contributed by atoms with Gasteiger partial charge in [-0.3, -0.25) is 24.1 Å². The summed E-state index contributed by atoms with van der Waals surface area (Å²) in [7, 11) is 3.20. The van der Waals surface area contributed by atoms with Crippen LogP contribution in [0.15, 0.2) is 29.2 Å². The molecule has 1 aromatic carbocycles. The van der Waals surface area contributed by atoms with E-state index >= 15 is 0 Å². The number of rotatable bonds is 7. The van der Waals surface area contributed by atoms with Crippen molar-refractivity contribution in [2.24, 2.45) is 0 Å². The van der Waals surface area contributed by atoms with E-state index in [2.05, 4.69) is 5.32 Å². The molecule has 0 unspecified atom stereocenters. The normalized spacial score (nSPS) is 16.4. The summed E-state index contributed by atoms with van der Waals surface area (Å²) < 4.78 is 38.7. The summed E-state index contributed by atoms with van der Waals surface area (Å²) in [6.07, 6.45) is 1.70. The molecule has 0 atom stereocenters. The molecule has 2 aliphatic heterocycles. The van der Waals surface area contributed by atoms with Gasteiger partial charge in [0.2, 0.25) is 5.43 Å². The molecule has 1 fully saturated rings. The highest BCUT2D eigenvalue weighted by Crippen LogP contribution is 2.35. The Morgan fingerprint density at radius 2 is 2.03 bits per heavy atom. The predicted molar refractivity (Wildman–Crippen MR) is 115 cm³/mol. The fraction of sp³-hybridized carbons (Fsp3) is 0.409. The number of amides is 2. The lowest BCUT2D eigenvalue weighted by Crippen LogP contribution is -2.77. The molecule has 182 valence electrons. The number of carbonyl (C=O) groups is 2. The minimum absolute atomic E-state index is 0.0154. The molecule has 1 saturated heterocycles. The number of hydrogen-bond donors (Lipinski definition) is 2. The van der Waals surface area contributed by atoms with Crippen LogP contribution in [0.5, 0.6) is 5.75 Å². The van der Waals surface area contributed by atoms with Gasteiger partial charge in [-0.05, 0) is 12.5 Å². The van der Waals surface area contributed by atoms with Gasteiger partial charge in [0.15, 0.2) is 17.1 Å². The molecule has 0 aliphatic carbocycles. The SMILES string of the molecule is COCCCN1C(=O)c2c(O)c(=O)c(C(=O)NCc3ccc(F)cc3F)cn2N(C)C12COC2. The number of pyridine rings is 1. The maximum atomic E-state index is 13.9. The van der Waals surface area contributed by atoms with Crippen molar-refractivity contribution in [1.29, 1.82) is 0 Å². The summed E-state index contributed by atoms with van der Waals surface area (Å²) in [6.45, 7) is 0.795. The van der Waals surface area contributed by atoms with Gasteiger partial charge in [0.05, 0.1) is 13.2 Å². The van der Waals surface area contributed by atoms with Crippen molar-refractivity contribution >= 4 is 11.8 Å². The van der Waals surface area contributed by atoms with Crippen molar-refractivity contribution < 1.29 is 33.0 Å². The van der Waals surface area contributed by atoms with Gasteiger partial charge in [-0.15, -0.1) is 0 Å². The average molecular weight is 478 g/mol. The number of ether oxygens (including phenoxy) is 2. The van der Waals surface area contributed by atoms with Gasteiger partial charge in [-0.1, -0.05) is 6.07 Å². The number of fused-ring (bicyclic) bond motifs is 1. The Morgan fingerprint density at radius 1 is 1.29 bits per heavy atom. The molecular formula is C22H24F2N4O6. The highest BCUT2D eigenvalue weighted by molar-refractivity contribution is 5.99. The molecule has 0 saturated carbocycles. The van der Waals surface area contributed by atoms with Gasteiger partial charge in [-0.25, -0.2) is 8.78 Å². The lowest BCUT2D eigenvalue weighted by molar-refractivity contribution is -0.140. The summed E-state index contributed by atoms with van der Waals surface area (Å²) in [6, 6.07) is 2.90. The predicted octanol–water partition coefficient (Wildman–Crippen LogP) is 0.549. The van der Waals surface area contributed by atoms with E-state index in [4.69, 9.17) is 9.47 Å². The number of nitrogens with zero attached hydrogens (tertiary/aromatic N) is 3. The third kappa shape index (κ3) is 3.78. The highest BCUT2D eigenvalue weighted by atomic mass is 19.1. The van der Waals surface area contributed by atoms with E-state index in [1.54, 1.807) is 19.2 Å². The quantitative estimate of drug-likeness (QED) is 0.559. The van der Waals surface area contributed by atoms with Gasteiger partial charge in [0.25, 0.3) is 11.8 Å². The summed E-state index contributed by atoms with van der Waals surface area (Å²) in [4.78, 5) is 40.4. The molecule has 2 aromatic rings. The second kappa shape index (κ2) is 9.03. The zero-order chi connectivity index (χ0) is 24.6. The number of methoxy groups -OCH3 is 1. The number of carbonyl (C=O) groups excluding carboxylic acids is 2. The fourth-order valence-corrected chi connectivity index (χ4v) is 4.12. The van der Waals surface area contributed by atoms with Crippen LogP contribution in [0.4, 0.5) is 8.78 Å². The van der Waals surface area contributed by atoms with Crippen LogP contribution in [0, 0.1) is 11.6 Å². The zero-order valence-corrected chi connectivity index (χ0v) is 18.6. The topological polar surface area (TPSA) is 113 Å². The Morgan fingerprint density at radius 3 is 2.65 bits per heavy atom. The molecule has 1 aromatic heterocycles. The maximum Gasteiger partial charge on any atom is 0.278 e. The van der Waals surface area contributed by atoms with E-state index in [-0.39, 0.29) is 31.0 Å². The number of likely N-dealkylation sites (N-methyl/N-ethyl adjacent to an activating group) is 1. The molecule has 12 heteroatoms. The molecule has 2 N–H and O–H groups in total. The van der Waals surface area contributed by atoms with Crippen LogP contribution in [0.1, 0.15) is 32.8 Å². The Bertz CT molecular complexity index is 1200. The lowest BCUT2D eigenvalue weighted by Gasteiger charge is -2.58. The highest BCUT2D eigenvalue weighted by Gasteiger charge is 2.55. The Labute approximate surface area is 193 Å². The Kier molecular flexibility index (Phi) is 6.28. The van der Waals surface area contributed by atoms with Crippen molar-refractivity contribution in [1.82, 2.24) is 14.9 Å². The van der Waals surface area contributed by atoms with E-state index in [1.807, 2.05) is 0 Å². The lowest BCUT2D eigenvalue weighted by atomic mass is 10.0. The first kappa shape index (κ1) is 23.6. The summed E-state index contributed by atoms with van der Waals surface area (Å²) in [5, 5.41) is 14.7. The first-order valence-electron chi connectivity index (χ1n) is 10.5. The molecule has 4 rings (SSSR count). The largest absolute Gasteiger partial charge is 0.502 e. The second-order valence-electron chi connectivity index (χ2n) is 8.13. The van der Waals surface area contributed by atoms with Crippen molar-refractivity contribution in [3.05, 3.63) is 63.1 Å². The van der Waals surface area contributed by atoms with Gasteiger partial charge in [0.1, 0.15) is 17.2 Å². The van der Waals surface area contributed by atoms with Gasteiger partial charge in [-0.2, -0.15) is 0 Å². The van der Waals surface area contributed by atoms with E-state index in [1.165, 1.54) is 15.6 Å². The van der Waals surface area contributed by atoms with Crippen LogP contribution < -0.4 is 15.8 Å². The first-order valence-corrected chi connectivity index (χ1v) is 10.5. The van der Waals surface area contributed by atoms with Gasteiger partial charge >= 0.3 is 0 Å². The third-order valence-corrected chi connectivity index (χ3v) is 6.14. The molecule has 2 amide bonds. The van der Waals surface area contributed by atoms with Gasteiger partial charge < -0.3 is 24.8 Å². The van der Waals surface area contributed by atoms with Crippen molar-refractivity contribution in [2.75, 3.05) is 45.5 Å². The summed E-state index contributed by atoms with van der Waals surface area (Å²) >= 11 is 0. The van der Waals surface area contributed by atoms with Crippen LogP contribution in [-0.2, 0) is 16.0 Å². The van der Waals surface area contributed by atoms with Crippen LogP contribution in [-0.4, -0.2) is 72.7 Å². The number of benzene rings is 1. The summed E-state index contributed by atoms with van der Waals surface area (Å²) in [5.74, 6) is -3.95. The number of halogens is 2. The molecule has 0 radical (unpaired) electrons. The standard InChI is InChI=1S/C22H24F2N4O6/c1-26-22(11-34-12-22)27(6-3-7-33-2)21(32)17-19(30)18(29)15(10-28(17)26)20(31)25-9-13-4-5-14(23)8-16(13)24/h4-5,8,10,30H,3,6-7,9,11-12H2,1-2H3,(H,25,31). The molecule has 0 bridgehead atoms. The van der Waals surface area contributed by atoms with Crippen molar-refractivity contribution in [3.63, 3.8) is 0 Å². The molecular weight excluding hydrogens is 454 g/mol. The zero-order valence-electron chi connectivity index (χ0n) is 18.6. The smallest absolute Gasteiger partial charge is 0.278 e. The van der Waals surface area contributed by atoms with Crippen LogP contribution >= 0.6 is 0 Å². The Hall–Kier alpha value is -3.51. The second-order valence-corrected chi connectivity index (χ2v) is 8.13. The monoisotopic (exact) mass is 478 g/mol. The van der Waals surface area contributed by atoms with Gasteiger partial charge in [0, 0.05) is 51.7 Å². The van der Waals surface area contributed by atoms with Crippen LogP contribution in [0.25, 0.3) is 0 Å². The van der Waals surface area contributed by atoms with Crippen molar-refractivity contribution in [3.8, 4) is 5.75 Å². The molecule has 1 spiro atoms. The number of hydrogen-bond acceptors (Lipinski definition) is 7. The van der Waals surface area contributed by atoms with Crippen LogP contribution in [0.2, 0.25) is 0 Å². The Balaban J connectivity index is 1.66. The minimum Gasteiger partial charge on any atom is -0.502 e.